The predicted molar refractivity (Wildman–Crippen MR) is 52.6 cm³/mol. The number of aryl methyl sites for hydroxylation is 1. The summed E-state index contributed by atoms with van der Waals surface area (Å²) in [6, 6.07) is 2.50. The first-order valence-electron chi connectivity index (χ1n) is 3.85. The zero-order valence-electron chi connectivity index (χ0n) is 7.71. The van der Waals surface area contributed by atoms with Crippen molar-refractivity contribution in [1.29, 1.82) is 0 Å². The molecule has 1 amide bonds. The van der Waals surface area contributed by atoms with E-state index in [0.29, 0.717) is 5.56 Å². The molecular formula is C9H9ClFNO2. The molecule has 0 atom stereocenters. The van der Waals surface area contributed by atoms with Crippen LogP contribution in [0.1, 0.15) is 5.56 Å². The van der Waals surface area contributed by atoms with Crippen molar-refractivity contribution in [3.8, 4) is 0 Å². The van der Waals surface area contributed by atoms with Crippen LogP contribution in [0.25, 0.3) is 0 Å². The lowest BCUT2D eigenvalue weighted by Crippen LogP contribution is -2.24. The average Bonchev–Trinajstić information content (AvgIpc) is 2.10. The summed E-state index contributed by atoms with van der Waals surface area (Å²) in [6.07, 6.45) is -1.19. The number of hydrogen-bond acceptors (Lipinski definition) is 1. The van der Waals surface area contributed by atoms with Crippen LogP contribution in [0.15, 0.2) is 12.1 Å². The van der Waals surface area contributed by atoms with Crippen LogP contribution in [-0.4, -0.2) is 18.2 Å². The van der Waals surface area contributed by atoms with E-state index < -0.39 is 11.9 Å². The minimum atomic E-state index is -1.19. The van der Waals surface area contributed by atoms with Gasteiger partial charge in [-0.3, -0.25) is 4.90 Å². The summed E-state index contributed by atoms with van der Waals surface area (Å²) in [7, 11) is 1.30. The van der Waals surface area contributed by atoms with Crippen LogP contribution in [0.2, 0.25) is 5.02 Å². The molecule has 0 aliphatic heterocycles. The summed E-state index contributed by atoms with van der Waals surface area (Å²) in [5.41, 5.74) is 0.528. The predicted octanol–water partition coefficient (Wildman–Crippen LogP) is 2.90. The molecule has 76 valence electrons. The number of rotatable bonds is 1. The van der Waals surface area contributed by atoms with Crippen molar-refractivity contribution in [3.05, 3.63) is 28.5 Å². The number of benzene rings is 1. The minimum absolute atomic E-state index is 0.141. The van der Waals surface area contributed by atoms with E-state index in [4.69, 9.17) is 16.7 Å². The fourth-order valence-electron chi connectivity index (χ4n) is 0.996. The van der Waals surface area contributed by atoms with Crippen LogP contribution < -0.4 is 4.90 Å². The first-order chi connectivity index (χ1) is 6.43. The largest absolute Gasteiger partial charge is 0.465 e. The van der Waals surface area contributed by atoms with Crippen LogP contribution in [0.3, 0.4) is 0 Å². The molecule has 0 bridgehead atoms. The van der Waals surface area contributed by atoms with Crippen molar-refractivity contribution in [2.45, 2.75) is 6.92 Å². The molecule has 0 heterocycles. The number of hydrogen-bond donors (Lipinski definition) is 1. The Balaban J connectivity index is 3.22. The zero-order chi connectivity index (χ0) is 10.9. The van der Waals surface area contributed by atoms with Crippen LogP contribution in [0.4, 0.5) is 14.9 Å². The van der Waals surface area contributed by atoms with Crippen LogP contribution in [-0.2, 0) is 0 Å². The molecule has 0 spiro atoms. The van der Waals surface area contributed by atoms with E-state index in [2.05, 4.69) is 0 Å². The van der Waals surface area contributed by atoms with Gasteiger partial charge in [-0.2, -0.15) is 0 Å². The normalized spacial score (nSPS) is 10.0. The highest BCUT2D eigenvalue weighted by atomic mass is 35.5. The SMILES string of the molecule is Cc1cc(Cl)c(N(C)C(=O)O)cc1F. The van der Waals surface area contributed by atoms with E-state index in [1.807, 2.05) is 0 Å². The van der Waals surface area contributed by atoms with Gasteiger partial charge in [0.2, 0.25) is 0 Å². The molecule has 0 aliphatic rings. The summed E-state index contributed by atoms with van der Waals surface area (Å²) in [5, 5.41) is 8.88. The van der Waals surface area contributed by atoms with Crippen molar-refractivity contribution in [3.63, 3.8) is 0 Å². The van der Waals surface area contributed by atoms with E-state index in [1.54, 1.807) is 6.92 Å². The summed E-state index contributed by atoms with van der Waals surface area (Å²) in [5.74, 6) is -0.475. The quantitative estimate of drug-likeness (QED) is 0.786. The van der Waals surface area contributed by atoms with Gasteiger partial charge >= 0.3 is 6.09 Å². The first-order valence-corrected chi connectivity index (χ1v) is 4.23. The van der Waals surface area contributed by atoms with Crippen molar-refractivity contribution < 1.29 is 14.3 Å². The number of carbonyl (C=O) groups is 1. The van der Waals surface area contributed by atoms with Gasteiger partial charge < -0.3 is 5.11 Å². The number of halogens is 2. The van der Waals surface area contributed by atoms with Gasteiger partial charge in [0.15, 0.2) is 0 Å². The Kier molecular flexibility index (Phi) is 2.96. The van der Waals surface area contributed by atoms with Gasteiger partial charge in [-0.15, -0.1) is 0 Å². The molecule has 0 aliphatic carbocycles. The lowest BCUT2D eigenvalue weighted by Gasteiger charge is -2.15. The number of carboxylic acid groups (broad SMARTS) is 1. The van der Waals surface area contributed by atoms with Crippen molar-refractivity contribution >= 4 is 23.4 Å². The molecule has 14 heavy (non-hydrogen) atoms. The fraction of sp³-hybridized carbons (Fsp3) is 0.222. The molecule has 1 rings (SSSR count). The molecule has 0 saturated carbocycles. The second-order valence-electron chi connectivity index (χ2n) is 2.89. The Morgan fingerprint density at radius 3 is 2.64 bits per heavy atom. The molecular weight excluding hydrogens is 209 g/mol. The molecule has 0 saturated heterocycles. The van der Waals surface area contributed by atoms with E-state index in [9.17, 15) is 9.18 Å². The Bertz CT molecular complexity index is 381. The second kappa shape index (κ2) is 3.84. The molecule has 0 radical (unpaired) electrons. The third-order valence-corrected chi connectivity index (χ3v) is 2.18. The lowest BCUT2D eigenvalue weighted by atomic mass is 10.2. The van der Waals surface area contributed by atoms with Gasteiger partial charge in [-0.05, 0) is 24.6 Å². The topological polar surface area (TPSA) is 40.5 Å². The molecule has 1 aromatic carbocycles. The second-order valence-corrected chi connectivity index (χ2v) is 3.30. The Labute approximate surface area is 85.7 Å². The van der Waals surface area contributed by atoms with Gasteiger partial charge in [-0.25, -0.2) is 9.18 Å². The molecule has 0 fully saturated rings. The first kappa shape index (κ1) is 10.8. The van der Waals surface area contributed by atoms with Crippen molar-refractivity contribution in [2.24, 2.45) is 0 Å². The summed E-state index contributed by atoms with van der Waals surface area (Å²) in [6.45, 7) is 1.56. The van der Waals surface area contributed by atoms with Crippen LogP contribution in [0, 0.1) is 12.7 Å². The van der Waals surface area contributed by atoms with Crippen LogP contribution >= 0.6 is 11.6 Å². The number of anilines is 1. The van der Waals surface area contributed by atoms with Crippen molar-refractivity contribution in [2.75, 3.05) is 11.9 Å². The third-order valence-electron chi connectivity index (χ3n) is 1.88. The minimum Gasteiger partial charge on any atom is -0.465 e. The summed E-state index contributed by atoms with van der Waals surface area (Å²) >= 11 is 5.77. The van der Waals surface area contributed by atoms with Gasteiger partial charge in [0.1, 0.15) is 5.82 Å². The Morgan fingerprint density at radius 2 is 2.14 bits per heavy atom. The van der Waals surface area contributed by atoms with E-state index in [1.165, 1.54) is 13.1 Å². The lowest BCUT2D eigenvalue weighted by molar-refractivity contribution is 0.203. The molecule has 0 unspecified atom stereocenters. The highest BCUT2D eigenvalue weighted by molar-refractivity contribution is 6.33. The van der Waals surface area contributed by atoms with Gasteiger partial charge in [0, 0.05) is 7.05 Å². The van der Waals surface area contributed by atoms with Gasteiger partial charge in [-0.1, -0.05) is 11.6 Å². The Morgan fingerprint density at radius 1 is 1.57 bits per heavy atom. The summed E-state index contributed by atoms with van der Waals surface area (Å²) < 4.78 is 13.1. The average molecular weight is 218 g/mol. The molecule has 1 N–H and O–H groups in total. The highest BCUT2D eigenvalue weighted by Gasteiger charge is 2.14. The van der Waals surface area contributed by atoms with Gasteiger partial charge in [0.05, 0.1) is 10.7 Å². The molecule has 3 nitrogen and oxygen atoms in total. The zero-order valence-corrected chi connectivity index (χ0v) is 8.47. The molecule has 0 aromatic heterocycles. The van der Waals surface area contributed by atoms with E-state index in [-0.39, 0.29) is 10.7 Å². The maximum absolute atomic E-state index is 13.1. The standard InChI is InChI=1S/C9H9ClFNO2/c1-5-3-6(10)8(4-7(5)11)12(2)9(13)14/h3-4H,1-2H3,(H,13,14). The maximum atomic E-state index is 13.1. The number of nitrogens with zero attached hydrogens (tertiary/aromatic N) is 1. The fourth-order valence-corrected chi connectivity index (χ4v) is 1.34. The molecule has 5 heteroatoms. The third kappa shape index (κ3) is 1.96. The van der Waals surface area contributed by atoms with Crippen molar-refractivity contribution in [1.82, 2.24) is 0 Å². The summed E-state index contributed by atoms with van der Waals surface area (Å²) in [4.78, 5) is 11.5. The Hall–Kier alpha value is -1.29. The highest BCUT2D eigenvalue weighted by Crippen LogP contribution is 2.27. The maximum Gasteiger partial charge on any atom is 0.411 e. The monoisotopic (exact) mass is 217 g/mol. The van der Waals surface area contributed by atoms with Crippen LogP contribution in [0.5, 0.6) is 0 Å². The smallest absolute Gasteiger partial charge is 0.411 e. The van der Waals surface area contributed by atoms with Gasteiger partial charge in [0.25, 0.3) is 0 Å². The molecule has 1 aromatic rings. The van der Waals surface area contributed by atoms with E-state index in [0.717, 1.165) is 11.0 Å². The van der Waals surface area contributed by atoms with E-state index >= 15 is 0 Å². The number of amides is 1.